The van der Waals surface area contributed by atoms with Gasteiger partial charge in [-0.15, -0.1) is 23.2 Å². The summed E-state index contributed by atoms with van der Waals surface area (Å²) >= 11 is 11.4. The largest absolute Gasteiger partial charge is 0.464 e. The van der Waals surface area contributed by atoms with Crippen LogP contribution in [0, 0.1) is 5.82 Å². The van der Waals surface area contributed by atoms with E-state index in [1.807, 2.05) is 0 Å². The van der Waals surface area contributed by atoms with Crippen LogP contribution in [0.15, 0.2) is 48.5 Å². The van der Waals surface area contributed by atoms with E-state index in [1.165, 1.54) is 29.2 Å². The van der Waals surface area contributed by atoms with E-state index in [9.17, 15) is 14.0 Å². The number of hydrogen-bond donors (Lipinski definition) is 2. The molecule has 0 saturated carbocycles. The first-order valence-electron chi connectivity index (χ1n) is 12.4. The van der Waals surface area contributed by atoms with E-state index in [1.54, 1.807) is 31.2 Å². The Morgan fingerprint density at radius 2 is 1.61 bits per heavy atom. The summed E-state index contributed by atoms with van der Waals surface area (Å²) in [7, 11) is 0. The molecule has 0 aliphatic heterocycles. The predicted octanol–water partition coefficient (Wildman–Crippen LogP) is 3.27. The molecule has 9 heteroatoms. The summed E-state index contributed by atoms with van der Waals surface area (Å²) < 4.78 is 48.7. The number of amides is 1. The van der Waals surface area contributed by atoms with Crippen LogP contribution in [0.5, 0.6) is 0 Å². The van der Waals surface area contributed by atoms with Gasteiger partial charge in [-0.05, 0) is 48.7 Å². The Bertz CT molecular complexity index is 1020. The zero-order valence-electron chi connectivity index (χ0n) is 22.2. The van der Waals surface area contributed by atoms with E-state index in [4.69, 9.17) is 39.2 Å². The molecule has 1 amide bonds. The molecule has 3 N–H and O–H groups in total. The van der Waals surface area contributed by atoms with Gasteiger partial charge in [0.05, 0.1) is 12.6 Å². The van der Waals surface area contributed by atoms with Crippen molar-refractivity contribution in [3.63, 3.8) is 0 Å². The fourth-order valence-corrected chi connectivity index (χ4v) is 3.43. The lowest BCUT2D eigenvalue weighted by Crippen LogP contribution is -2.50. The highest BCUT2D eigenvalue weighted by atomic mass is 35.5. The number of benzene rings is 2. The summed E-state index contributed by atoms with van der Waals surface area (Å²) in [4.78, 5) is 26.6. The molecule has 33 heavy (non-hydrogen) atoms. The topological polar surface area (TPSA) is 84.7 Å². The molecule has 0 saturated heterocycles. The van der Waals surface area contributed by atoms with Crippen molar-refractivity contribution in [3.05, 3.63) is 65.5 Å². The Labute approximate surface area is 209 Å². The number of carbonyl (C=O) groups is 2. The lowest BCUT2D eigenvalue weighted by Gasteiger charge is -2.23. The van der Waals surface area contributed by atoms with Crippen LogP contribution in [0.1, 0.15) is 23.5 Å². The first kappa shape index (κ1) is 21.2. The number of nitrogens with zero attached hydrogens (tertiary/aromatic N) is 1. The average Bonchev–Trinajstić information content (AvgIpc) is 2.78. The molecule has 2 atom stereocenters. The number of ether oxygens (including phenoxy) is 1. The number of hydrogen-bond acceptors (Lipinski definition) is 5. The van der Waals surface area contributed by atoms with Gasteiger partial charge in [-0.2, -0.15) is 0 Å². The molecule has 0 aliphatic carbocycles. The maximum atomic E-state index is 13.2. The van der Waals surface area contributed by atoms with Gasteiger partial charge in [0.2, 0.25) is 5.91 Å². The summed E-state index contributed by atoms with van der Waals surface area (Å²) in [6, 6.07) is 10.2. The maximum Gasteiger partial charge on any atom is 0.328 e. The molecule has 2 aromatic rings. The van der Waals surface area contributed by atoms with E-state index in [2.05, 4.69) is 5.32 Å². The lowest BCUT2D eigenvalue weighted by molar-refractivity contribution is -0.147. The van der Waals surface area contributed by atoms with Crippen molar-refractivity contribution in [2.24, 2.45) is 5.73 Å². The first-order valence-corrected chi connectivity index (χ1v) is 11.1. The fraction of sp³-hybridized carbons (Fsp3) is 0.417. The zero-order chi connectivity index (χ0) is 27.8. The normalized spacial score (nSPS) is 15.3. The van der Waals surface area contributed by atoms with E-state index in [0.717, 1.165) is 0 Å². The smallest absolute Gasteiger partial charge is 0.328 e. The number of anilines is 1. The van der Waals surface area contributed by atoms with Crippen molar-refractivity contribution in [3.8, 4) is 0 Å². The number of carbonyl (C=O) groups excluding carboxylic acids is 2. The van der Waals surface area contributed by atoms with Crippen LogP contribution in [0.3, 0.4) is 0 Å². The molecule has 2 unspecified atom stereocenters. The minimum Gasteiger partial charge on any atom is -0.464 e. The molecule has 2 rings (SSSR count). The number of alkyl halides is 2. The third kappa shape index (κ3) is 8.84. The summed E-state index contributed by atoms with van der Waals surface area (Å²) in [6.45, 7) is 1.17. The second kappa shape index (κ2) is 14.0. The monoisotopic (exact) mass is 501 g/mol. The molecule has 0 fully saturated rings. The van der Waals surface area contributed by atoms with Crippen molar-refractivity contribution in [2.45, 2.75) is 31.8 Å². The minimum atomic E-state index is -2.11. The van der Waals surface area contributed by atoms with Gasteiger partial charge < -0.3 is 20.7 Å². The third-order valence-electron chi connectivity index (χ3n) is 4.84. The molecule has 0 heterocycles. The Morgan fingerprint density at radius 1 is 1.06 bits per heavy atom. The predicted molar refractivity (Wildman–Crippen MR) is 130 cm³/mol. The van der Waals surface area contributed by atoms with E-state index in [0.29, 0.717) is 16.8 Å². The molecule has 0 aromatic heterocycles. The van der Waals surface area contributed by atoms with Gasteiger partial charge in [0.1, 0.15) is 11.9 Å². The standard InChI is InChI=1S/C24H30Cl2FN3O3/c1-2-33-24(32)22(16-18-3-7-19(27)8-4-18)29-23(31)21(28)15-17-5-9-20(10-6-17)30(13-11-25)14-12-26/h3-10,21-22H,2,11-16,28H2,1H3,(H,29,31)/i11D2,12D2. The molecule has 2 aromatic carbocycles. The van der Waals surface area contributed by atoms with Gasteiger partial charge in [0.15, 0.2) is 0 Å². The molecule has 6 nitrogen and oxygen atoms in total. The van der Waals surface area contributed by atoms with Crippen LogP contribution in [0.2, 0.25) is 0 Å². The molecule has 0 radical (unpaired) electrons. The zero-order valence-corrected chi connectivity index (χ0v) is 19.7. The molecule has 180 valence electrons. The van der Waals surface area contributed by atoms with Gasteiger partial charge in [0, 0.05) is 42.3 Å². The van der Waals surface area contributed by atoms with Crippen LogP contribution in [-0.4, -0.2) is 55.3 Å². The number of nitrogens with two attached hydrogens (primary N) is 1. The van der Waals surface area contributed by atoms with Crippen LogP contribution in [0.25, 0.3) is 0 Å². The summed E-state index contributed by atoms with van der Waals surface area (Å²) in [5.41, 5.74) is 7.89. The van der Waals surface area contributed by atoms with Gasteiger partial charge in [-0.1, -0.05) is 24.3 Å². The summed E-state index contributed by atoms with van der Waals surface area (Å²) in [6.07, 6.45) is 0.231. The number of rotatable bonds is 13. The summed E-state index contributed by atoms with van der Waals surface area (Å²) in [5.74, 6) is -5.83. The van der Waals surface area contributed by atoms with Gasteiger partial charge in [-0.3, -0.25) is 4.79 Å². The van der Waals surface area contributed by atoms with Crippen LogP contribution in [0.4, 0.5) is 10.1 Å². The highest BCUT2D eigenvalue weighted by Crippen LogP contribution is 2.16. The van der Waals surface area contributed by atoms with Gasteiger partial charge >= 0.3 is 5.97 Å². The number of nitrogens with one attached hydrogen (secondary N) is 1. The highest BCUT2D eigenvalue weighted by Gasteiger charge is 2.25. The van der Waals surface area contributed by atoms with Gasteiger partial charge in [0.25, 0.3) is 0 Å². The van der Waals surface area contributed by atoms with Crippen molar-refractivity contribution in [1.29, 1.82) is 0 Å². The Hall–Kier alpha value is -2.35. The average molecular weight is 502 g/mol. The second-order valence-corrected chi connectivity index (χ2v) is 7.78. The molecular weight excluding hydrogens is 468 g/mol. The van der Waals surface area contributed by atoms with Crippen LogP contribution >= 0.6 is 23.2 Å². The highest BCUT2D eigenvalue weighted by molar-refractivity contribution is 6.18. The van der Waals surface area contributed by atoms with Crippen LogP contribution < -0.4 is 16.0 Å². The van der Waals surface area contributed by atoms with Crippen molar-refractivity contribution < 1.29 is 24.2 Å². The quantitative estimate of drug-likeness (QED) is 0.325. The van der Waals surface area contributed by atoms with Crippen molar-refractivity contribution in [1.82, 2.24) is 5.32 Å². The van der Waals surface area contributed by atoms with E-state index >= 15 is 0 Å². The van der Waals surface area contributed by atoms with E-state index < -0.39 is 41.4 Å². The molecular formula is C24H30Cl2FN3O3. The minimum absolute atomic E-state index is 0.101. The SMILES string of the molecule is [2H]C([2H])(Cl)CN(CC([2H])([2H])Cl)c1ccc(CC(N)C(=O)NC(Cc2ccc(F)cc2)C(=O)OCC)cc1. The molecule has 0 aliphatic rings. The maximum absolute atomic E-state index is 13.2. The van der Waals surface area contributed by atoms with Crippen LogP contribution in [-0.2, 0) is 27.2 Å². The Balaban J connectivity index is 2.08. The Morgan fingerprint density at radius 3 is 2.15 bits per heavy atom. The number of esters is 1. The fourth-order valence-electron chi connectivity index (χ4n) is 3.14. The second-order valence-electron chi connectivity index (χ2n) is 7.24. The van der Waals surface area contributed by atoms with Crippen molar-refractivity contribution in [2.75, 3.05) is 36.3 Å². The Kier molecular flexibility index (Phi) is 9.01. The van der Waals surface area contributed by atoms with Crippen molar-refractivity contribution >= 4 is 40.8 Å². The molecule has 0 spiro atoms. The lowest BCUT2D eigenvalue weighted by atomic mass is 10.0. The molecule has 0 bridgehead atoms. The third-order valence-corrected chi connectivity index (χ3v) is 5.07. The van der Waals surface area contributed by atoms with Gasteiger partial charge in [-0.25, -0.2) is 9.18 Å². The first-order chi connectivity index (χ1) is 17.2. The number of halogens is 3. The summed E-state index contributed by atoms with van der Waals surface area (Å²) in [5, 5.41) is 2.61. The van der Waals surface area contributed by atoms with E-state index in [-0.39, 0.29) is 32.5 Å².